The molecule has 31 heavy (non-hydrogen) atoms. The number of non-ortho nitro benzene ring substituents is 1. The maximum atomic E-state index is 10.4. The van der Waals surface area contributed by atoms with Crippen LogP contribution in [0.1, 0.15) is 18.1 Å². The normalized spacial score (nSPS) is 11.5. The van der Waals surface area contributed by atoms with E-state index in [9.17, 15) is 30.3 Å². The lowest BCUT2D eigenvalue weighted by Crippen LogP contribution is -2.05. The number of ether oxygens (including phenoxy) is 2. The van der Waals surface area contributed by atoms with Crippen LogP contribution in [0.3, 0.4) is 0 Å². The number of nitro benzene ring substituents is 3. The van der Waals surface area contributed by atoms with Crippen molar-refractivity contribution in [2.24, 2.45) is 4.99 Å². The molecule has 0 radical (unpaired) electrons. The van der Waals surface area contributed by atoms with Gasteiger partial charge in [-0.3, -0.25) is 35.3 Å². The zero-order chi connectivity index (χ0) is 23.1. The molecule has 0 saturated carbocycles. The van der Waals surface area contributed by atoms with Gasteiger partial charge in [0.15, 0.2) is 11.5 Å². The van der Waals surface area contributed by atoms with E-state index in [2.05, 4.69) is 4.99 Å². The van der Waals surface area contributed by atoms with Gasteiger partial charge in [-0.05, 0) is 36.6 Å². The van der Waals surface area contributed by atoms with Gasteiger partial charge in [0, 0.05) is 12.8 Å². The second kappa shape index (κ2) is 9.96. The van der Waals surface area contributed by atoms with Gasteiger partial charge in [0.2, 0.25) is 0 Å². The molecule has 0 aromatic heterocycles. The van der Waals surface area contributed by atoms with Crippen LogP contribution in [0.4, 0.5) is 17.1 Å². The van der Waals surface area contributed by atoms with Crippen molar-refractivity contribution >= 4 is 23.3 Å². The van der Waals surface area contributed by atoms with Gasteiger partial charge in [0.25, 0.3) is 11.4 Å². The highest BCUT2D eigenvalue weighted by Crippen LogP contribution is 2.39. The van der Waals surface area contributed by atoms with E-state index in [4.69, 9.17) is 14.6 Å². The van der Waals surface area contributed by atoms with Crippen LogP contribution in [0.25, 0.3) is 0 Å². The standard InChI is InChI=1S/C12H15NO2.C6H3N3O7/c1-3-15-12-7-10-8-13-5-4-9(10)6-11(12)14-2;10-6-4(8(13)14)1-3(7(11)12)2-5(6)9(15)16/h6-8H,3-5H2,1-2H3;1-2,10H. The first-order chi connectivity index (χ1) is 14.7. The third-order valence-electron chi connectivity index (χ3n) is 4.12. The van der Waals surface area contributed by atoms with E-state index in [-0.39, 0.29) is 0 Å². The van der Waals surface area contributed by atoms with Gasteiger partial charge in [-0.2, -0.15) is 0 Å². The lowest BCUT2D eigenvalue weighted by atomic mass is 10.0. The fourth-order valence-electron chi connectivity index (χ4n) is 2.70. The fraction of sp³-hybridized carbons (Fsp3) is 0.278. The van der Waals surface area contributed by atoms with Crippen LogP contribution in [0.15, 0.2) is 29.3 Å². The SMILES string of the molecule is CCOc1cc2c(cc1OC)CCN=C2.O=[N+]([O-])c1cc([N+](=O)[O-])c(O)c([N+](=O)[O-])c1. The van der Waals surface area contributed by atoms with Crippen LogP contribution < -0.4 is 9.47 Å². The van der Waals surface area contributed by atoms with E-state index < -0.39 is 37.6 Å². The highest BCUT2D eigenvalue weighted by molar-refractivity contribution is 5.84. The number of methoxy groups -OCH3 is 1. The first-order valence-electron chi connectivity index (χ1n) is 8.83. The Morgan fingerprint density at radius 3 is 2.10 bits per heavy atom. The number of fused-ring (bicyclic) bond motifs is 1. The highest BCUT2D eigenvalue weighted by atomic mass is 16.6. The molecule has 1 heterocycles. The van der Waals surface area contributed by atoms with Crippen LogP contribution >= 0.6 is 0 Å². The Hall–Kier alpha value is -4.29. The van der Waals surface area contributed by atoms with Crippen molar-refractivity contribution in [2.45, 2.75) is 13.3 Å². The summed E-state index contributed by atoms with van der Waals surface area (Å²) in [5.74, 6) is 0.401. The van der Waals surface area contributed by atoms with Crippen molar-refractivity contribution in [3.63, 3.8) is 0 Å². The monoisotopic (exact) mass is 434 g/mol. The summed E-state index contributed by atoms with van der Waals surface area (Å²) < 4.78 is 10.8. The molecular formula is C18H18N4O9. The minimum atomic E-state index is -1.21. The second-order valence-electron chi connectivity index (χ2n) is 6.02. The number of phenolic OH excluding ortho intramolecular Hbond substituents is 1. The molecule has 0 spiro atoms. The second-order valence-corrected chi connectivity index (χ2v) is 6.02. The van der Waals surface area contributed by atoms with Crippen LogP contribution in [0.2, 0.25) is 0 Å². The molecule has 3 rings (SSSR count). The summed E-state index contributed by atoms with van der Waals surface area (Å²) in [6.45, 7) is 3.48. The van der Waals surface area contributed by atoms with Crippen LogP contribution in [0, 0.1) is 30.3 Å². The van der Waals surface area contributed by atoms with E-state index in [1.165, 1.54) is 5.56 Å². The lowest BCUT2D eigenvalue weighted by Gasteiger charge is -2.15. The third kappa shape index (κ3) is 5.41. The van der Waals surface area contributed by atoms with E-state index in [0.29, 0.717) is 18.7 Å². The topological polar surface area (TPSA) is 180 Å². The molecule has 1 aliphatic rings. The molecule has 0 bridgehead atoms. The largest absolute Gasteiger partial charge is 0.497 e. The Kier molecular flexibility index (Phi) is 7.38. The number of nitro groups is 3. The number of phenols is 1. The maximum absolute atomic E-state index is 10.4. The van der Waals surface area contributed by atoms with Gasteiger partial charge < -0.3 is 14.6 Å². The Labute approximate surface area is 175 Å². The Morgan fingerprint density at radius 2 is 1.61 bits per heavy atom. The van der Waals surface area contributed by atoms with Crippen molar-refractivity contribution in [1.82, 2.24) is 0 Å². The smallest absolute Gasteiger partial charge is 0.324 e. The van der Waals surface area contributed by atoms with Crippen molar-refractivity contribution in [1.29, 1.82) is 0 Å². The predicted octanol–water partition coefficient (Wildman–Crippen LogP) is 3.19. The van der Waals surface area contributed by atoms with Crippen molar-refractivity contribution < 1.29 is 29.4 Å². The molecule has 1 N–H and O–H groups in total. The molecule has 0 unspecified atom stereocenters. The van der Waals surface area contributed by atoms with Gasteiger partial charge in [-0.15, -0.1) is 0 Å². The summed E-state index contributed by atoms with van der Waals surface area (Å²) in [5.41, 5.74) is -0.575. The predicted molar refractivity (Wildman–Crippen MR) is 108 cm³/mol. The molecule has 0 amide bonds. The van der Waals surface area contributed by atoms with Crippen molar-refractivity contribution in [3.05, 3.63) is 65.7 Å². The van der Waals surface area contributed by atoms with E-state index in [0.717, 1.165) is 30.0 Å². The van der Waals surface area contributed by atoms with E-state index >= 15 is 0 Å². The summed E-state index contributed by atoms with van der Waals surface area (Å²) in [7, 11) is 1.67. The molecule has 164 valence electrons. The van der Waals surface area contributed by atoms with Gasteiger partial charge in [-0.25, -0.2) is 0 Å². The van der Waals surface area contributed by atoms with Gasteiger partial charge >= 0.3 is 11.4 Å². The Morgan fingerprint density at radius 1 is 1.00 bits per heavy atom. The van der Waals surface area contributed by atoms with Crippen molar-refractivity contribution in [2.75, 3.05) is 20.3 Å². The summed E-state index contributed by atoms with van der Waals surface area (Å²) in [6.07, 6.45) is 2.88. The summed E-state index contributed by atoms with van der Waals surface area (Å²) in [5, 5.41) is 40.2. The molecule has 2 aromatic rings. The number of rotatable bonds is 6. The van der Waals surface area contributed by atoms with Crippen LogP contribution in [-0.4, -0.2) is 46.4 Å². The molecule has 0 aliphatic carbocycles. The fourth-order valence-corrected chi connectivity index (χ4v) is 2.70. The molecule has 0 saturated heterocycles. The number of hydrogen-bond acceptors (Lipinski definition) is 10. The zero-order valence-electron chi connectivity index (χ0n) is 16.5. The summed E-state index contributed by atoms with van der Waals surface area (Å²) in [4.78, 5) is 32.0. The molecular weight excluding hydrogens is 416 g/mol. The average Bonchev–Trinajstić information content (AvgIpc) is 2.73. The molecule has 0 atom stereocenters. The van der Waals surface area contributed by atoms with Gasteiger partial charge in [0.05, 0.1) is 40.6 Å². The summed E-state index contributed by atoms with van der Waals surface area (Å²) in [6, 6.07) is 4.94. The first-order valence-corrected chi connectivity index (χ1v) is 8.83. The van der Waals surface area contributed by atoms with Crippen molar-refractivity contribution in [3.8, 4) is 17.2 Å². The first kappa shape index (κ1) is 23.0. The van der Waals surface area contributed by atoms with E-state index in [1.807, 2.05) is 25.3 Å². The maximum Gasteiger partial charge on any atom is 0.324 e. The quantitative estimate of drug-likeness (QED) is 0.527. The summed E-state index contributed by atoms with van der Waals surface area (Å²) >= 11 is 0. The minimum Gasteiger partial charge on any atom is -0.497 e. The molecule has 13 heteroatoms. The molecule has 0 fully saturated rings. The number of benzene rings is 2. The lowest BCUT2D eigenvalue weighted by molar-refractivity contribution is -0.404. The average molecular weight is 434 g/mol. The number of aromatic hydroxyl groups is 1. The number of aliphatic imine (C=N–C) groups is 1. The molecule has 1 aliphatic heterocycles. The Balaban J connectivity index is 0.000000220. The van der Waals surface area contributed by atoms with Gasteiger partial charge in [-0.1, -0.05) is 0 Å². The van der Waals surface area contributed by atoms with Gasteiger partial charge in [0.1, 0.15) is 0 Å². The highest BCUT2D eigenvalue weighted by Gasteiger charge is 2.30. The van der Waals surface area contributed by atoms with Crippen LogP contribution in [-0.2, 0) is 6.42 Å². The van der Waals surface area contributed by atoms with Crippen LogP contribution in [0.5, 0.6) is 17.2 Å². The molecule has 13 nitrogen and oxygen atoms in total. The zero-order valence-corrected chi connectivity index (χ0v) is 16.5. The minimum absolute atomic E-state index is 0.447. The molecule has 2 aromatic carbocycles. The Bertz CT molecular complexity index is 1020. The number of nitrogens with zero attached hydrogens (tertiary/aromatic N) is 4. The van der Waals surface area contributed by atoms with E-state index in [1.54, 1.807) is 7.11 Å². The number of hydrogen-bond donors (Lipinski definition) is 1. The third-order valence-corrected chi connectivity index (χ3v) is 4.12.